The van der Waals surface area contributed by atoms with Gasteiger partial charge in [-0.2, -0.15) is 0 Å². The van der Waals surface area contributed by atoms with Crippen LogP contribution < -0.4 is 0 Å². The van der Waals surface area contributed by atoms with Crippen molar-refractivity contribution in [1.82, 2.24) is 9.97 Å². The Balaban J connectivity index is 2.83. The minimum atomic E-state index is 0.667. The van der Waals surface area contributed by atoms with Crippen LogP contribution in [0.15, 0.2) is 4.42 Å². The van der Waals surface area contributed by atoms with Crippen LogP contribution in [0, 0.1) is 13.8 Å². The summed E-state index contributed by atoms with van der Waals surface area (Å²) in [5.74, 6) is 0.689. The number of rotatable bonds is 0. The first-order valence-corrected chi connectivity index (χ1v) is 3.78. The number of thiazole rings is 1. The lowest BCUT2D eigenvalue weighted by Gasteiger charge is -1.74. The van der Waals surface area contributed by atoms with Crippen molar-refractivity contribution in [3.05, 3.63) is 10.9 Å². The maximum atomic E-state index is 5.18. The van der Waals surface area contributed by atoms with Gasteiger partial charge in [0.15, 0.2) is 10.7 Å². The normalized spacial score (nSPS) is 11.0. The molecule has 2 rings (SSSR count). The molecule has 0 saturated heterocycles. The molecule has 0 N–H and O–H groups in total. The number of fused-ring (bicyclic) bond motifs is 1. The van der Waals surface area contributed by atoms with E-state index in [-0.39, 0.29) is 0 Å². The maximum absolute atomic E-state index is 5.18. The smallest absolute Gasteiger partial charge is 0.258 e. The molecule has 0 saturated carbocycles. The Morgan fingerprint density at radius 1 is 1.30 bits per heavy atom. The van der Waals surface area contributed by atoms with Crippen LogP contribution in [-0.4, -0.2) is 9.97 Å². The van der Waals surface area contributed by atoms with Gasteiger partial charge in [0, 0.05) is 6.92 Å². The second kappa shape index (κ2) is 1.79. The number of aromatic nitrogens is 2. The molecule has 0 atom stereocenters. The summed E-state index contributed by atoms with van der Waals surface area (Å²) in [6.45, 7) is 3.76. The highest BCUT2D eigenvalue weighted by atomic mass is 32.1. The Bertz CT molecular complexity index is 300. The minimum absolute atomic E-state index is 0.667. The Morgan fingerprint density at radius 2 is 2.10 bits per heavy atom. The van der Waals surface area contributed by atoms with Gasteiger partial charge in [0.1, 0.15) is 0 Å². The SMILES string of the molecule is Cc1nc2sc(C)nc2o1. The monoisotopic (exact) mass is 154 g/mol. The first-order chi connectivity index (χ1) is 4.75. The minimum Gasteiger partial charge on any atom is -0.422 e. The average molecular weight is 154 g/mol. The summed E-state index contributed by atoms with van der Waals surface area (Å²) in [7, 11) is 0. The summed E-state index contributed by atoms with van der Waals surface area (Å²) in [5.41, 5.74) is 0.667. The average Bonchev–Trinajstić information content (AvgIpc) is 2.21. The van der Waals surface area contributed by atoms with E-state index in [1.807, 2.05) is 13.8 Å². The Morgan fingerprint density at radius 3 is 2.80 bits per heavy atom. The maximum Gasteiger partial charge on any atom is 0.258 e. The van der Waals surface area contributed by atoms with Crippen LogP contribution in [0.4, 0.5) is 0 Å². The molecule has 0 radical (unpaired) electrons. The standard InChI is InChI=1S/C6H6N2OS/c1-3-7-6-5(9-3)8-4(2)10-6/h1-2H3. The van der Waals surface area contributed by atoms with Crippen LogP contribution in [-0.2, 0) is 0 Å². The van der Waals surface area contributed by atoms with Gasteiger partial charge in [-0.1, -0.05) is 11.3 Å². The lowest BCUT2D eigenvalue weighted by molar-refractivity contribution is 0.551. The third kappa shape index (κ3) is 0.724. The van der Waals surface area contributed by atoms with E-state index in [1.54, 1.807) is 11.3 Å². The fourth-order valence-electron chi connectivity index (χ4n) is 0.840. The van der Waals surface area contributed by atoms with Crippen molar-refractivity contribution in [2.24, 2.45) is 0 Å². The van der Waals surface area contributed by atoms with Gasteiger partial charge in [-0.25, -0.2) is 9.97 Å². The molecular weight excluding hydrogens is 148 g/mol. The summed E-state index contributed by atoms with van der Waals surface area (Å²) < 4.78 is 5.18. The van der Waals surface area contributed by atoms with Gasteiger partial charge >= 0.3 is 0 Å². The quantitative estimate of drug-likeness (QED) is 0.581. The molecule has 0 aliphatic rings. The van der Waals surface area contributed by atoms with Crippen molar-refractivity contribution >= 4 is 21.9 Å². The molecule has 52 valence electrons. The van der Waals surface area contributed by atoms with Crippen molar-refractivity contribution in [3.63, 3.8) is 0 Å². The van der Waals surface area contributed by atoms with Crippen molar-refractivity contribution in [2.45, 2.75) is 13.8 Å². The largest absolute Gasteiger partial charge is 0.422 e. The molecule has 4 heteroatoms. The van der Waals surface area contributed by atoms with Crippen molar-refractivity contribution in [3.8, 4) is 0 Å². The van der Waals surface area contributed by atoms with E-state index in [4.69, 9.17) is 4.42 Å². The van der Waals surface area contributed by atoms with Crippen LogP contribution in [0.1, 0.15) is 10.9 Å². The predicted molar refractivity (Wildman–Crippen MR) is 39.2 cm³/mol. The molecule has 0 aromatic carbocycles. The van der Waals surface area contributed by atoms with Gasteiger partial charge in [-0.3, -0.25) is 0 Å². The lowest BCUT2D eigenvalue weighted by atomic mass is 10.8. The number of hydrogen-bond donors (Lipinski definition) is 0. The summed E-state index contributed by atoms with van der Waals surface area (Å²) in [5, 5.41) is 1.00. The molecule has 2 aromatic rings. The van der Waals surface area contributed by atoms with Gasteiger partial charge in [0.05, 0.1) is 5.01 Å². The highest BCUT2D eigenvalue weighted by molar-refractivity contribution is 7.18. The van der Waals surface area contributed by atoms with Gasteiger partial charge in [-0.05, 0) is 6.92 Å². The number of hydrogen-bond acceptors (Lipinski definition) is 4. The van der Waals surface area contributed by atoms with Gasteiger partial charge in [0.2, 0.25) is 0 Å². The molecule has 0 unspecified atom stereocenters. The van der Waals surface area contributed by atoms with E-state index in [0.717, 1.165) is 9.84 Å². The summed E-state index contributed by atoms with van der Waals surface area (Å²) >= 11 is 1.56. The van der Waals surface area contributed by atoms with Crippen LogP contribution in [0.5, 0.6) is 0 Å². The van der Waals surface area contributed by atoms with E-state index in [9.17, 15) is 0 Å². The number of oxazole rings is 1. The summed E-state index contributed by atoms with van der Waals surface area (Å²) in [4.78, 5) is 9.14. The van der Waals surface area contributed by atoms with Crippen LogP contribution >= 0.6 is 11.3 Å². The molecule has 0 fully saturated rings. The van der Waals surface area contributed by atoms with Crippen LogP contribution in [0.2, 0.25) is 0 Å². The molecule has 2 aromatic heterocycles. The van der Waals surface area contributed by atoms with Gasteiger partial charge in [0.25, 0.3) is 5.71 Å². The third-order valence-corrected chi connectivity index (χ3v) is 2.04. The lowest BCUT2D eigenvalue weighted by Crippen LogP contribution is -1.65. The second-order valence-electron chi connectivity index (χ2n) is 2.08. The summed E-state index contributed by atoms with van der Waals surface area (Å²) in [6, 6.07) is 0. The third-order valence-electron chi connectivity index (χ3n) is 1.19. The fraction of sp³-hybridized carbons (Fsp3) is 0.333. The molecular formula is C6H6N2OS. The molecule has 10 heavy (non-hydrogen) atoms. The molecule has 0 aliphatic heterocycles. The molecule has 0 aliphatic carbocycles. The first kappa shape index (κ1) is 5.85. The highest BCUT2D eigenvalue weighted by Gasteiger charge is 2.05. The van der Waals surface area contributed by atoms with Crippen molar-refractivity contribution in [1.29, 1.82) is 0 Å². The Hall–Kier alpha value is -0.900. The Kier molecular flexibility index (Phi) is 1.05. The predicted octanol–water partition coefficient (Wildman–Crippen LogP) is 1.90. The molecule has 0 amide bonds. The highest BCUT2D eigenvalue weighted by Crippen LogP contribution is 2.20. The Labute approximate surface area is 61.7 Å². The van der Waals surface area contributed by atoms with Crippen molar-refractivity contribution in [2.75, 3.05) is 0 Å². The van der Waals surface area contributed by atoms with Crippen LogP contribution in [0.3, 0.4) is 0 Å². The van der Waals surface area contributed by atoms with E-state index < -0.39 is 0 Å². The van der Waals surface area contributed by atoms with Crippen molar-refractivity contribution < 1.29 is 4.42 Å². The number of nitrogens with zero attached hydrogens (tertiary/aromatic N) is 2. The molecule has 2 heterocycles. The molecule has 0 bridgehead atoms. The first-order valence-electron chi connectivity index (χ1n) is 2.96. The summed E-state index contributed by atoms with van der Waals surface area (Å²) in [6.07, 6.45) is 0. The zero-order chi connectivity index (χ0) is 7.14. The fourth-order valence-corrected chi connectivity index (χ4v) is 1.60. The zero-order valence-corrected chi connectivity index (χ0v) is 6.53. The van der Waals surface area contributed by atoms with Crippen LogP contribution in [0.25, 0.3) is 10.5 Å². The molecule has 0 spiro atoms. The van der Waals surface area contributed by atoms with E-state index >= 15 is 0 Å². The zero-order valence-electron chi connectivity index (χ0n) is 5.71. The second-order valence-corrected chi connectivity index (χ2v) is 3.26. The topological polar surface area (TPSA) is 38.9 Å². The van der Waals surface area contributed by atoms with E-state index in [0.29, 0.717) is 11.6 Å². The number of aryl methyl sites for hydroxylation is 2. The van der Waals surface area contributed by atoms with E-state index in [1.165, 1.54) is 0 Å². The van der Waals surface area contributed by atoms with Gasteiger partial charge < -0.3 is 4.42 Å². The molecule has 3 nitrogen and oxygen atoms in total. The van der Waals surface area contributed by atoms with E-state index in [2.05, 4.69) is 9.97 Å². The van der Waals surface area contributed by atoms with Gasteiger partial charge in [-0.15, -0.1) is 0 Å².